The molecule has 0 saturated heterocycles. The highest BCUT2D eigenvalue weighted by atomic mass is 16.5. The second-order valence-corrected chi connectivity index (χ2v) is 10.7. The molecule has 3 rings (SSSR count). The van der Waals surface area contributed by atoms with E-state index in [0.29, 0.717) is 29.2 Å². The van der Waals surface area contributed by atoms with Gasteiger partial charge in [-0.05, 0) is 90.0 Å². The van der Waals surface area contributed by atoms with Crippen LogP contribution in [0.25, 0.3) is 0 Å². The monoisotopic (exact) mass is 532 g/mol. The molecule has 5 heteroatoms. The van der Waals surface area contributed by atoms with Gasteiger partial charge in [0.05, 0.1) is 27.8 Å². The van der Waals surface area contributed by atoms with Gasteiger partial charge in [-0.2, -0.15) is 0 Å². The van der Waals surface area contributed by atoms with Crippen LogP contribution in [0.2, 0.25) is 0 Å². The van der Waals surface area contributed by atoms with Crippen LogP contribution >= 0.6 is 0 Å². The molecule has 1 aliphatic heterocycles. The van der Waals surface area contributed by atoms with Gasteiger partial charge in [0.2, 0.25) is 0 Å². The lowest BCUT2D eigenvalue weighted by Gasteiger charge is -2.30. The zero-order valence-electron chi connectivity index (χ0n) is 25.1. The van der Waals surface area contributed by atoms with Crippen LogP contribution in [0.1, 0.15) is 92.6 Å². The Morgan fingerprint density at radius 1 is 0.897 bits per heavy atom. The molecule has 2 aromatic rings. The summed E-state index contributed by atoms with van der Waals surface area (Å²) >= 11 is 0. The summed E-state index contributed by atoms with van der Waals surface area (Å²) in [6.45, 7) is 12.6. The standard InChI is InChI=1S/C34H44O5/c1-21(2)11-10-12-23(5)14-16-25-24(6)29(36-7)18-17-26(25)31-19-28(35)33-32(39-31)20-30(37-8)27(34(33)38-9)15-13-22(3)4/h11,13-14,17-18,20,31H,10,12,15-16,19H2,1-9H3/b23-14+. The van der Waals surface area contributed by atoms with Crippen molar-refractivity contribution in [2.24, 2.45) is 0 Å². The van der Waals surface area contributed by atoms with Crippen molar-refractivity contribution in [3.8, 4) is 23.0 Å². The third-order valence-electron chi connectivity index (χ3n) is 7.26. The van der Waals surface area contributed by atoms with Gasteiger partial charge in [-0.3, -0.25) is 4.79 Å². The van der Waals surface area contributed by atoms with Crippen LogP contribution in [0.3, 0.4) is 0 Å². The van der Waals surface area contributed by atoms with Crippen LogP contribution in [-0.4, -0.2) is 27.1 Å². The molecule has 1 heterocycles. The van der Waals surface area contributed by atoms with Gasteiger partial charge in [0, 0.05) is 11.6 Å². The summed E-state index contributed by atoms with van der Waals surface area (Å²) < 4.78 is 23.7. The molecular weight excluding hydrogens is 488 g/mol. The summed E-state index contributed by atoms with van der Waals surface area (Å²) in [7, 11) is 4.92. The van der Waals surface area contributed by atoms with Gasteiger partial charge in [0.25, 0.3) is 0 Å². The van der Waals surface area contributed by atoms with Crippen molar-refractivity contribution in [2.45, 2.75) is 79.8 Å². The average molecular weight is 533 g/mol. The summed E-state index contributed by atoms with van der Waals surface area (Å²) in [6.07, 6.45) is 9.88. The number of hydrogen-bond acceptors (Lipinski definition) is 5. The third-order valence-corrected chi connectivity index (χ3v) is 7.26. The molecule has 0 radical (unpaired) electrons. The predicted octanol–water partition coefficient (Wildman–Crippen LogP) is 8.47. The van der Waals surface area contributed by atoms with Gasteiger partial charge in [0.15, 0.2) is 5.78 Å². The molecule has 0 aliphatic carbocycles. The van der Waals surface area contributed by atoms with Crippen molar-refractivity contribution in [1.29, 1.82) is 0 Å². The number of carbonyl (C=O) groups is 1. The van der Waals surface area contributed by atoms with Crippen LogP contribution in [0, 0.1) is 6.92 Å². The number of hydrogen-bond donors (Lipinski definition) is 0. The zero-order valence-corrected chi connectivity index (χ0v) is 25.1. The van der Waals surface area contributed by atoms with Gasteiger partial charge >= 0.3 is 0 Å². The Kier molecular flexibility index (Phi) is 10.4. The Bertz CT molecular complexity index is 1290. The molecule has 0 N–H and O–H groups in total. The van der Waals surface area contributed by atoms with E-state index in [1.807, 2.05) is 32.0 Å². The van der Waals surface area contributed by atoms with E-state index < -0.39 is 6.10 Å². The van der Waals surface area contributed by atoms with Gasteiger partial charge in [-0.15, -0.1) is 0 Å². The second kappa shape index (κ2) is 13.5. The Morgan fingerprint density at radius 3 is 2.18 bits per heavy atom. The lowest BCUT2D eigenvalue weighted by Crippen LogP contribution is -2.23. The average Bonchev–Trinajstić information content (AvgIpc) is 2.89. The van der Waals surface area contributed by atoms with Crippen molar-refractivity contribution in [1.82, 2.24) is 0 Å². The molecule has 1 atom stereocenters. The van der Waals surface area contributed by atoms with Crippen LogP contribution in [0.4, 0.5) is 0 Å². The van der Waals surface area contributed by atoms with Gasteiger partial charge in [-0.1, -0.05) is 41.0 Å². The first-order valence-corrected chi connectivity index (χ1v) is 13.7. The van der Waals surface area contributed by atoms with E-state index in [1.165, 1.54) is 16.7 Å². The van der Waals surface area contributed by atoms with E-state index in [0.717, 1.165) is 47.3 Å². The van der Waals surface area contributed by atoms with Crippen LogP contribution in [0.15, 0.2) is 53.1 Å². The topological polar surface area (TPSA) is 54.0 Å². The quantitative estimate of drug-likeness (QED) is 0.272. The molecule has 0 saturated carbocycles. The molecule has 0 spiro atoms. The molecular formula is C34H44O5. The maximum Gasteiger partial charge on any atom is 0.174 e. The summed E-state index contributed by atoms with van der Waals surface area (Å²) in [5.74, 6) is 2.52. The number of carbonyl (C=O) groups excluding carboxylic acids is 1. The summed E-state index contributed by atoms with van der Waals surface area (Å²) in [5, 5.41) is 0. The number of ether oxygens (including phenoxy) is 4. The van der Waals surface area contributed by atoms with E-state index in [2.05, 4.69) is 45.9 Å². The lowest BCUT2D eigenvalue weighted by atomic mass is 9.88. The van der Waals surface area contributed by atoms with Gasteiger partial charge in [-0.25, -0.2) is 0 Å². The number of rotatable bonds is 11. The van der Waals surface area contributed by atoms with Crippen molar-refractivity contribution < 1.29 is 23.7 Å². The molecule has 0 bridgehead atoms. The fraction of sp³-hybridized carbons (Fsp3) is 0.441. The number of benzene rings is 2. The van der Waals surface area contributed by atoms with Crippen molar-refractivity contribution in [3.05, 3.63) is 81.0 Å². The highest BCUT2D eigenvalue weighted by Gasteiger charge is 2.34. The Morgan fingerprint density at radius 2 is 1.56 bits per heavy atom. The number of fused-ring (bicyclic) bond motifs is 1. The van der Waals surface area contributed by atoms with E-state index in [1.54, 1.807) is 21.3 Å². The van der Waals surface area contributed by atoms with Gasteiger partial charge < -0.3 is 18.9 Å². The molecule has 39 heavy (non-hydrogen) atoms. The number of methoxy groups -OCH3 is 3. The van der Waals surface area contributed by atoms with Crippen LogP contribution < -0.4 is 18.9 Å². The minimum absolute atomic E-state index is 0.00655. The Balaban J connectivity index is 2.02. The van der Waals surface area contributed by atoms with E-state index >= 15 is 0 Å². The first-order valence-electron chi connectivity index (χ1n) is 13.7. The smallest absolute Gasteiger partial charge is 0.174 e. The minimum Gasteiger partial charge on any atom is -0.496 e. The van der Waals surface area contributed by atoms with Crippen LogP contribution in [0.5, 0.6) is 23.0 Å². The Hall–Kier alpha value is -3.47. The molecule has 5 nitrogen and oxygen atoms in total. The third kappa shape index (κ3) is 7.14. The largest absolute Gasteiger partial charge is 0.496 e. The van der Waals surface area contributed by atoms with Crippen molar-refractivity contribution >= 4 is 5.78 Å². The maximum atomic E-state index is 13.6. The van der Waals surface area contributed by atoms with E-state index in [4.69, 9.17) is 18.9 Å². The summed E-state index contributed by atoms with van der Waals surface area (Å²) in [6, 6.07) is 5.83. The first-order chi connectivity index (χ1) is 18.6. The highest BCUT2D eigenvalue weighted by molar-refractivity contribution is 6.03. The van der Waals surface area contributed by atoms with E-state index in [9.17, 15) is 4.79 Å². The molecule has 1 unspecified atom stereocenters. The van der Waals surface area contributed by atoms with Crippen molar-refractivity contribution in [2.75, 3.05) is 21.3 Å². The molecule has 0 amide bonds. The first kappa shape index (κ1) is 30.1. The molecule has 210 valence electrons. The normalized spacial score (nSPS) is 14.7. The number of Topliss-reactive ketones (excluding diaryl/α,β-unsaturated/α-hetero) is 1. The van der Waals surface area contributed by atoms with Crippen molar-refractivity contribution in [3.63, 3.8) is 0 Å². The van der Waals surface area contributed by atoms with Crippen LogP contribution in [-0.2, 0) is 12.8 Å². The molecule has 0 fully saturated rings. The summed E-state index contributed by atoms with van der Waals surface area (Å²) in [4.78, 5) is 13.6. The summed E-state index contributed by atoms with van der Waals surface area (Å²) in [5.41, 5.74) is 8.41. The SMILES string of the molecule is COc1ccc(C2CC(=O)c3c(cc(OC)c(CC=C(C)C)c3OC)O2)c(C/C=C(\C)CCC=C(C)C)c1C. The Labute approximate surface area is 234 Å². The fourth-order valence-corrected chi connectivity index (χ4v) is 5.07. The lowest BCUT2D eigenvalue weighted by molar-refractivity contribution is 0.0842. The highest BCUT2D eigenvalue weighted by Crippen LogP contribution is 2.46. The second-order valence-electron chi connectivity index (χ2n) is 10.7. The number of allylic oxidation sites excluding steroid dienone is 6. The minimum atomic E-state index is -0.415. The van der Waals surface area contributed by atoms with Gasteiger partial charge in [0.1, 0.15) is 34.7 Å². The number of ketones is 1. The molecule has 2 aromatic carbocycles. The predicted molar refractivity (Wildman–Crippen MR) is 159 cm³/mol. The molecule has 0 aromatic heterocycles. The fourth-order valence-electron chi connectivity index (χ4n) is 5.07. The molecule has 1 aliphatic rings. The van der Waals surface area contributed by atoms with E-state index in [-0.39, 0.29) is 12.2 Å². The zero-order chi connectivity index (χ0) is 28.7. The maximum absolute atomic E-state index is 13.6.